The molecule has 1 aromatic carbocycles. The van der Waals surface area contributed by atoms with Gasteiger partial charge in [0.2, 0.25) is 5.82 Å². The minimum Gasteiger partial charge on any atom is -0.487 e. The Hall–Kier alpha value is -3.94. The van der Waals surface area contributed by atoms with Crippen LogP contribution in [0.25, 0.3) is 0 Å². The summed E-state index contributed by atoms with van der Waals surface area (Å²) in [6.45, 7) is 3.17. The van der Waals surface area contributed by atoms with Crippen molar-refractivity contribution >= 4 is 11.7 Å². The van der Waals surface area contributed by atoms with Gasteiger partial charge in [0.05, 0.1) is 0 Å². The molecule has 0 saturated heterocycles. The van der Waals surface area contributed by atoms with Crippen LogP contribution >= 0.6 is 0 Å². The van der Waals surface area contributed by atoms with E-state index in [1.165, 1.54) is 11.1 Å². The number of aliphatic hydroxyl groups excluding tert-OH is 1. The third-order valence-electron chi connectivity index (χ3n) is 5.13. The van der Waals surface area contributed by atoms with E-state index in [9.17, 15) is 15.0 Å². The first-order valence-corrected chi connectivity index (χ1v) is 10.8. The molecule has 0 radical (unpaired) electrons. The zero-order chi connectivity index (χ0) is 24.3. The second kappa shape index (κ2) is 9.51. The number of likely N-dealkylation sites (N-methyl/N-ethyl adjacent to an activating group) is 1. The van der Waals surface area contributed by atoms with E-state index in [-0.39, 0.29) is 12.4 Å². The van der Waals surface area contributed by atoms with E-state index in [0.717, 1.165) is 5.56 Å². The second-order valence-corrected chi connectivity index (χ2v) is 8.55. The predicted molar refractivity (Wildman–Crippen MR) is 124 cm³/mol. The topological polar surface area (TPSA) is 136 Å². The van der Waals surface area contributed by atoms with Crippen LogP contribution in [-0.2, 0) is 6.42 Å². The molecule has 1 aliphatic heterocycles. The van der Waals surface area contributed by atoms with E-state index >= 15 is 0 Å². The van der Waals surface area contributed by atoms with Crippen molar-refractivity contribution in [3.8, 4) is 17.6 Å². The number of hydrogen-bond donors (Lipinski definition) is 4. The van der Waals surface area contributed by atoms with E-state index < -0.39 is 23.8 Å². The van der Waals surface area contributed by atoms with Gasteiger partial charge in [0.25, 0.3) is 5.91 Å². The van der Waals surface area contributed by atoms with Gasteiger partial charge >= 0.3 is 0 Å². The Morgan fingerprint density at radius 1 is 1.32 bits per heavy atom. The van der Waals surface area contributed by atoms with Gasteiger partial charge in [-0.1, -0.05) is 42.2 Å². The molecule has 0 bridgehead atoms. The van der Waals surface area contributed by atoms with Crippen molar-refractivity contribution < 1.29 is 19.7 Å². The van der Waals surface area contributed by atoms with Crippen LogP contribution < -0.4 is 15.0 Å². The van der Waals surface area contributed by atoms with Crippen molar-refractivity contribution in [2.75, 3.05) is 18.6 Å². The number of fused-ring (bicyclic) bond motifs is 1. The zero-order valence-electron chi connectivity index (χ0n) is 19.1. The fourth-order valence-corrected chi connectivity index (χ4v) is 3.38. The summed E-state index contributed by atoms with van der Waals surface area (Å²) in [5.41, 5.74) is 0.452. The van der Waals surface area contributed by atoms with Crippen LogP contribution in [0.1, 0.15) is 41.4 Å². The number of ether oxygens (including phenoxy) is 1. The molecule has 34 heavy (non-hydrogen) atoms. The molecule has 0 spiro atoms. The SMILES string of the molecule is CN1c2ncc(C#CC(C)(C)O)cc2OC[C@H](NC(=O)c2nnc(Cc3ccccc3)[nH]2)C1O. The van der Waals surface area contributed by atoms with Crippen molar-refractivity contribution in [3.63, 3.8) is 0 Å². The molecule has 10 nitrogen and oxygen atoms in total. The number of aromatic amines is 1. The van der Waals surface area contributed by atoms with Crippen LogP contribution in [0.15, 0.2) is 42.6 Å². The number of carbonyl (C=O) groups excluding carboxylic acids is 1. The Bertz CT molecular complexity index is 1230. The summed E-state index contributed by atoms with van der Waals surface area (Å²) >= 11 is 0. The molecule has 1 aliphatic rings. The molecule has 3 aromatic rings. The quantitative estimate of drug-likeness (QED) is 0.419. The van der Waals surface area contributed by atoms with Crippen molar-refractivity contribution in [1.29, 1.82) is 0 Å². The minimum absolute atomic E-state index is 0.000683. The largest absolute Gasteiger partial charge is 0.487 e. The smallest absolute Gasteiger partial charge is 0.289 e. The molecule has 10 heteroatoms. The number of H-pyrrole nitrogens is 1. The lowest BCUT2D eigenvalue weighted by atomic mass is 10.1. The second-order valence-electron chi connectivity index (χ2n) is 8.55. The fourth-order valence-electron chi connectivity index (χ4n) is 3.38. The first kappa shape index (κ1) is 23.2. The van der Waals surface area contributed by atoms with Crippen LogP contribution in [-0.4, -0.2) is 67.8 Å². The summed E-state index contributed by atoms with van der Waals surface area (Å²) in [5.74, 6) is 6.48. The number of aliphatic hydroxyl groups is 2. The molecule has 1 unspecified atom stereocenters. The summed E-state index contributed by atoms with van der Waals surface area (Å²) in [4.78, 5) is 21.5. The van der Waals surface area contributed by atoms with E-state index in [1.54, 1.807) is 27.0 Å². The lowest BCUT2D eigenvalue weighted by Crippen LogP contribution is -2.52. The molecule has 4 rings (SSSR count). The highest BCUT2D eigenvalue weighted by Gasteiger charge is 2.32. The molecule has 2 aromatic heterocycles. The van der Waals surface area contributed by atoms with Crippen LogP contribution in [0.3, 0.4) is 0 Å². The van der Waals surface area contributed by atoms with Gasteiger partial charge in [-0.15, -0.1) is 10.2 Å². The molecule has 176 valence electrons. The van der Waals surface area contributed by atoms with Crippen LogP contribution in [0, 0.1) is 11.8 Å². The van der Waals surface area contributed by atoms with Gasteiger partial charge in [0, 0.05) is 31.3 Å². The van der Waals surface area contributed by atoms with E-state index in [4.69, 9.17) is 4.74 Å². The lowest BCUT2D eigenvalue weighted by Gasteiger charge is -2.28. The average Bonchev–Trinajstić information content (AvgIpc) is 3.24. The highest BCUT2D eigenvalue weighted by atomic mass is 16.5. The van der Waals surface area contributed by atoms with E-state index in [2.05, 4.69) is 37.3 Å². The monoisotopic (exact) mass is 462 g/mol. The third kappa shape index (κ3) is 5.51. The Labute approximate surface area is 197 Å². The maximum absolute atomic E-state index is 12.8. The molecule has 1 amide bonds. The fraction of sp³-hybridized carbons (Fsp3) is 0.333. The van der Waals surface area contributed by atoms with Crippen molar-refractivity contribution in [2.24, 2.45) is 0 Å². The molecule has 0 aliphatic carbocycles. The van der Waals surface area contributed by atoms with Gasteiger partial charge in [-0.05, 0) is 19.4 Å². The number of amides is 1. The summed E-state index contributed by atoms with van der Waals surface area (Å²) in [5, 5.41) is 31.4. The summed E-state index contributed by atoms with van der Waals surface area (Å²) < 4.78 is 5.84. The molecule has 0 saturated carbocycles. The molecule has 3 heterocycles. The van der Waals surface area contributed by atoms with Crippen LogP contribution in [0.4, 0.5) is 5.82 Å². The highest BCUT2D eigenvalue weighted by Crippen LogP contribution is 2.30. The van der Waals surface area contributed by atoms with Crippen molar-refractivity contribution in [3.05, 3.63) is 65.4 Å². The van der Waals surface area contributed by atoms with Gasteiger partial charge in [-0.2, -0.15) is 0 Å². The molecular weight excluding hydrogens is 436 g/mol. The number of aromatic nitrogens is 4. The van der Waals surface area contributed by atoms with Gasteiger partial charge in [-0.25, -0.2) is 4.98 Å². The van der Waals surface area contributed by atoms with Crippen LogP contribution in [0.2, 0.25) is 0 Å². The summed E-state index contributed by atoms with van der Waals surface area (Å²) in [6, 6.07) is 10.6. The number of nitrogens with one attached hydrogen (secondary N) is 2. The first-order valence-electron chi connectivity index (χ1n) is 10.8. The maximum atomic E-state index is 12.8. The normalized spacial score (nSPS) is 17.6. The molecule has 4 N–H and O–H groups in total. The number of hydrogen-bond acceptors (Lipinski definition) is 8. The van der Waals surface area contributed by atoms with Gasteiger partial charge in [0.15, 0.2) is 17.8 Å². The van der Waals surface area contributed by atoms with Crippen molar-refractivity contribution in [1.82, 2.24) is 25.5 Å². The summed E-state index contributed by atoms with van der Waals surface area (Å²) in [6.07, 6.45) is 0.947. The predicted octanol–water partition coefficient (Wildman–Crippen LogP) is 0.858. The lowest BCUT2D eigenvalue weighted by molar-refractivity contribution is 0.0762. The number of rotatable bonds is 4. The average molecular weight is 463 g/mol. The number of carbonyl (C=O) groups is 1. The Morgan fingerprint density at radius 2 is 2.09 bits per heavy atom. The standard InChI is InChI=1S/C24H26N6O4/c1-24(2,33)10-9-16-11-18-21(25-13-16)30(3)23(32)17(14-34-18)26-22(31)20-27-19(28-29-20)12-15-7-5-4-6-8-15/h4-8,11,13,17,23,32-33H,12,14H2,1-3H3,(H,26,31)(H,27,28,29)/t17-,23?/m0/s1. The Morgan fingerprint density at radius 3 is 2.82 bits per heavy atom. The Balaban J connectivity index is 1.45. The van der Waals surface area contributed by atoms with Gasteiger partial charge < -0.3 is 30.2 Å². The van der Waals surface area contributed by atoms with Crippen LogP contribution in [0.5, 0.6) is 5.75 Å². The van der Waals surface area contributed by atoms with Crippen molar-refractivity contribution in [2.45, 2.75) is 38.1 Å². The maximum Gasteiger partial charge on any atom is 0.289 e. The Kier molecular flexibility index (Phi) is 6.49. The third-order valence-corrected chi connectivity index (χ3v) is 5.13. The van der Waals surface area contributed by atoms with Gasteiger partial charge in [0.1, 0.15) is 24.1 Å². The number of nitrogens with zero attached hydrogens (tertiary/aromatic N) is 4. The molecular formula is C24H26N6O4. The first-order chi connectivity index (χ1) is 16.2. The number of benzene rings is 1. The highest BCUT2D eigenvalue weighted by molar-refractivity contribution is 5.90. The van der Waals surface area contributed by atoms with E-state index in [0.29, 0.717) is 29.4 Å². The van der Waals surface area contributed by atoms with E-state index in [1.807, 2.05) is 30.3 Å². The van der Waals surface area contributed by atoms with Gasteiger partial charge in [-0.3, -0.25) is 4.79 Å². The molecule has 0 fully saturated rings. The number of anilines is 1. The summed E-state index contributed by atoms with van der Waals surface area (Å²) in [7, 11) is 1.65. The zero-order valence-corrected chi connectivity index (χ0v) is 19.1. The number of pyridine rings is 1. The minimum atomic E-state index is -1.14. The molecule has 2 atom stereocenters.